The molecule has 0 aliphatic heterocycles. The first-order chi connectivity index (χ1) is 0. The van der Waals surface area contributed by atoms with Gasteiger partial charge in [0.1, 0.15) is 0 Å². The van der Waals surface area contributed by atoms with E-state index in [-0.39, 0.29) is 91.5 Å². The molecule has 0 fully saturated rings. The Morgan fingerprint density at radius 1 is 1.25 bits per heavy atom. The Labute approximate surface area is 90.0 Å². The summed E-state index contributed by atoms with van der Waals surface area (Å²) in [5.74, 6) is 0. The van der Waals surface area contributed by atoms with Crippen molar-refractivity contribution in [2.45, 2.75) is 0 Å². The molecule has 4 heavy (non-hydrogen) atoms. The Kier molecular flexibility index (Phi) is 124. The first-order valence-corrected chi connectivity index (χ1v) is 0. The molecule has 0 unspecified atom stereocenters. The molecular formula is H5AlCaMnNi. The molecule has 27 valence electrons. The predicted molar refractivity (Wildman–Crippen MR) is 17.9 cm³/mol. The Bertz CT molecular complexity index is 13.5. The number of hydrogen-bond acceptors (Lipinski definition) is 0. The minimum Gasteiger partial charge on any atom is -1.00 e. The molecule has 0 aromatic heterocycles. The van der Waals surface area contributed by atoms with Crippen molar-refractivity contribution in [3.63, 3.8) is 0 Å². The second kappa shape index (κ2) is 17.0. The van der Waals surface area contributed by atoms with E-state index < -0.39 is 0 Å². The van der Waals surface area contributed by atoms with Gasteiger partial charge in [0.2, 0.25) is 0 Å². The van der Waals surface area contributed by atoms with Crippen LogP contribution in [0.2, 0.25) is 0 Å². The first kappa shape index (κ1) is 29.1. The van der Waals surface area contributed by atoms with Crippen LogP contribution in [0.15, 0.2) is 0 Å². The monoisotopic (exact) mass is 185 g/mol. The Morgan fingerprint density at radius 2 is 1.25 bits per heavy atom. The van der Waals surface area contributed by atoms with Crippen molar-refractivity contribution in [2.24, 2.45) is 0 Å². The molecular weight excluding hydrogens is 181 g/mol. The van der Waals surface area contributed by atoms with E-state index in [4.69, 9.17) is 0 Å². The van der Waals surface area contributed by atoms with Gasteiger partial charge in [-0.3, -0.25) is 0 Å². The molecule has 0 saturated carbocycles. The maximum Gasteiger partial charge on any atom is 2.00 e. The van der Waals surface area contributed by atoms with Crippen LogP contribution in [0.1, 0.15) is 2.85 Å². The molecule has 1 radical (unpaired) electrons. The molecule has 0 aliphatic carbocycles. The van der Waals surface area contributed by atoms with Gasteiger partial charge in [-0.25, -0.2) is 0 Å². The van der Waals surface area contributed by atoms with E-state index in [0.717, 1.165) is 0 Å². The van der Waals surface area contributed by atoms with Crippen molar-refractivity contribution >= 4 is 55.1 Å². The van der Waals surface area contributed by atoms with Crippen molar-refractivity contribution in [1.29, 1.82) is 0 Å². The summed E-state index contributed by atoms with van der Waals surface area (Å²) in [5, 5.41) is 0. The minimum absolute atomic E-state index is 0. The molecule has 0 spiro atoms. The molecule has 0 heterocycles. The van der Waals surface area contributed by atoms with Crippen LogP contribution >= 0.6 is 0 Å². The Morgan fingerprint density at radius 3 is 1.25 bits per heavy atom. The van der Waals surface area contributed by atoms with Gasteiger partial charge in [-0.1, -0.05) is 0 Å². The van der Waals surface area contributed by atoms with Crippen LogP contribution in [-0.4, -0.2) is 55.1 Å². The van der Waals surface area contributed by atoms with E-state index >= 15 is 0 Å². The fourth-order valence-corrected chi connectivity index (χ4v) is 0. The van der Waals surface area contributed by atoms with E-state index in [2.05, 4.69) is 0 Å². The smallest absolute Gasteiger partial charge is 1.00 e. The van der Waals surface area contributed by atoms with Gasteiger partial charge in [0.15, 0.2) is 17.4 Å². The molecule has 0 saturated heterocycles. The largest absolute Gasteiger partial charge is 2.00 e. The van der Waals surface area contributed by atoms with E-state index in [1.54, 1.807) is 0 Å². The van der Waals surface area contributed by atoms with Crippen molar-refractivity contribution in [1.82, 2.24) is 0 Å². The van der Waals surface area contributed by atoms with Crippen LogP contribution in [0, 0.1) is 0 Å². The SMILES string of the molecule is [AlH3].[Ca+2].[H-].[H-].[Mn].[Ni]. The van der Waals surface area contributed by atoms with Crippen molar-refractivity contribution in [2.75, 3.05) is 0 Å². The minimum atomic E-state index is 0. The van der Waals surface area contributed by atoms with Gasteiger partial charge >= 0.3 is 37.7 Å². The fraction of sp³-hybridized carbons (Fsp3) is 0. The molecule has 0 atom stereocenters. The van der Waals surface area contributed by atoms with Crippen LogP contribution in [0.4, 0.5) is 0 Å². The number of hydrogen-bond donors (Lipinski definition) is 0. The summed E-state index contributed by atoms with van der Waals surface area (Å²) in [6, 6.07) is 0. The molecule has 0 aliphatic rings. The molecule has 0 N–H and O–H groups in total. The van der Waals surface area contributed by atoms with Crippen LogP contribution in [0.5, 0.6) is 0 Å². The topological polar surface area (TPSA) is 0 Å². The summed E-state index contributed by atoms with van der Waals surface area (Å²) < 4.78 is 0. The zero-order valence-electron chi connectivity index (χ0n) is 3.40. The van der Waals surface area contributed by atoms with E-state index in [0.29, 0.717) is 0 Å². The molecule has 0 amide bonds. The standard InChI is InChI=1S/Al.Ca.Mn.Ni.5H/q;+2;;;;;;2*-1. The fourth-order valence-electron chi connectivity index (χ4n) is 0. The summed E-state index contributed by atoms with van der Waals surface area (Å²) in [6.45, 7) is 0. The summed E-state index contributed by atoms with van der Waals surface area (Å²) in [6.07, 6.45) is 0. The molecule has 0 aromatic carbocycles. The predicted octanol–water partition coefficient (Wildman–Crippen LogP) is -1.34. The van der Waals surface area contributed by atoms with E-state index in [9.17, 15) is 0 Å². The van der Waals surface area contributed by atoms with Crippen molar-refractivity contribution < 1.29 is 36.4 Å². The van der Waals surface area contributed by atoms with E-state index in [1.165, 1.54) is 0 Å². The third kappa shape index (κ3) is 8.84. The van der Waals surface area contributed by atoms with Crippen LogP contribution in [-0.2, 0) is 33.6 Å². The second-order valence-electron chi connectivity index (χ2n) is 0. The van der Waals surface area contributed by atoms with Crippen LogP contribution in [0.25, 0.3) is 0 Å². The van der Waals surface area contributed by atoms with Gasteiger partial charge in [-0.05, 0) is 0 Å². The molecule has 0 aromatic rings. The third-order valence-corrected chi connectivity index (χ3v) is 0. The molecule has 4 heteroatoms. The molecule has 0 bridgehead atoms. The maximum absolute atomic E-state index is 0. The van der Waals surface area contributed by atoms with Gasteiger partial charge in [-0.2, -0.15) is 0 Å². The van der Waals surface area contributed by atoms with Gasteiger partial charge in [0.25, 0.3) is 0 Å². The zero-order chi connectivity index (χ0) is 0. The van der Waals surface area contributed by atoms with Crippen LogP contribution < -0.4 is 0 Å². The Hall–Kier alpha value is 2.81. The van der Waals surface area contributed by atoms with Crippen LogP contribution in [0.3, 0.4) is 0 Å². The quantitative estimate of drug-likeness (QED) is 0.410. The molecule has 0 rings (SSSR count). The Balaban J connectivity index is 0. The van der Waals surface area contributed by atoms with Gasteiger partial charge in [0, 0.05) is 33.6 Å². The summed E-state index contributed by atoms with van der Waals surface area (Å²) in [7, 11) is 0. The number of rotatable bonds is 0. The average molecular weight is 186 g/mol. The normalized spacial score (nSPS) is 0. The third-order valence-electron chi connectivity index (χ3n) is 0. The first-order valence-electron chi connectivity index (χ1n) is 0. The second-order valence-corrected chi connectivity index (χ2v) is 0. The zero-order valence-corrected chi connectivity index (χ0v) is 5.78. The van der Waals surface area contributed by atoms with E-state index in [1.807, 2.05) is 0 Å². The summed E-state index contributed by atoms with van der Waals surface area (Å²) >= 11 is 0. The van der Waals surface area contributed by atoms with Crippen molar-refractivity contribution in [3.8, 4) is 0 Å². The van der Waals surface area contributed by atoms with Gasteiger partial charge in [0.05, 0.1) is 0 Å². The van der Waals surface area contributed by atoms with Gasteiger partial charge in [-0.15, -0.1) is 0 Å². The summed E-state index contributed by atoms with van der Waals surface area (Å²) in [4.78, 5) is 0. The molecule has 0 nitrogen and oxygen atoms in total. The maximum atomic E-state index is 0. The average Bonchev–Trinajstić information content (AvgIpc) is 0. The van der Waals surface area contributed by atoms with Crippen molar-refractivity contribution in [3.05, 3.63) is 0 Å². The summed E-state index contributed by atoms with van der Waals surface area (Å²) in [5.41, 5.74) is 0. The van der Waals surface area contributed by atoms with Gasteiger partial charge < -0.3 is 2.85 Å².